The Morgan fingerprint density at radius 1 is 1.00 bits per heavy atom. The minimum absolute atomic E-state index is 0.252. The fourth-order valence-corrected chi connectivity index (χ4v) is 2.83. The summed E-state index contributed by atoms with van der Waals surface area (Å²) < 4.78 is 28.8. The molecular weight excluding hydrogens is 343 g/mol. The lowest BCUT2D eigenvalue weighted by molar-refractivity contribution is -0.379. The van der Waals surface area contributed by atoms with Crippen LogP contribution in [0.1, 0.15) is 0 Å². The SMILES string of the molecule is OC[C@H]1O[C@H](O[C@]2(CF)O[C@H](CCl)[C@@H](O)[C@@H]2O)[C@H](O)[C@@H](O)[C@@H]1O. The van der Waals surface area contributed by atoms with Gasteiger partial charge in [0.25, 0.3) is 0 Å². The summed E-state index contributed by atoms with van der Waals surface area (Å²) in [4.78, 5) is 0. The molecule has 6 N–H and O–H groups in total. The molecule has 0 radical (unpaired) electrons. The predicted octanol–water partition coefficient (Wildman–Crippen LogP) is -3.17. The molecule has 9 nitrogen and oxygen atoms in total. The van der Waals surface area contributed by atoms with E-state index in [4.69, 9.17) is 30.9 Å². The third-order valence-corrected chi connectivity index (χ3v) is 4.31. The zero-order valence-electron chi connectivity index (χ0n) is 11.9. The quantitative estimate of drug-likeness (QED) is 0.278. The van der Waals surface area contributed by atoms with Crippen LogP contribution in [0.5, 0.6) is 0 Å². The van der Waals surface area contributed by atoms with Gasteiger partial charge in [-0.05, 0) is 0 Å². The van der Waals surface area contributed by atoms with Crippen molar-refractivity contribution in [2.75, 3.05) is 19.2 Å². The molecule has 0 aromatic carbocycles. The van der Waals surface area contributed by atoms with E-state index in [1.165, 1.54) is 0 Å². The maximum Gasteiger partial charge on any atom is 0.229 e. The Hall–Kier alpha value is -0.140. The van der Waals surface area contributed by atoms with E-state index in [0.717, 1.165) is 0 Å². The fraction of sp³-hybridized carbons (Fsp3) is 1.00. The Bertz CT molecular complexity index is 403. The first-order chi connectivity index (χ1) is 10.8. The van der Waals surface area contributed by atoms with Crippen LogP contribution in [0.2, 0.25) is 0 Å². The molecule has 23 heavy (non-hydrogen) atoms. The normalized spacial score (nSPS) is 51.1. The van der Waals surface area contributed by atoms with Crippen molar-refractivity contribution in [3.05, 3.63) is 0 Å². The Labute approximate surface area is 135 Å². The molecule has 0 aromatic rings. The molecule has 0 saturated carbocycles. The highest BCUT2D eigenvalue weighted by atomic mass is 35.5. The van der Waals surface area contributed by atoms with Crippen molar-refractivity contribution in [1.29, 1.82) is 0 Å². The number of rotatable bonds is 5. The highest BCUT2D eigenvalue weighted by molar-refractivity contribution is 6.18. The number of hydrogen-bond acceptors (Lipinski definition) is 9. The van der Waals surface area contributed by atoms with Crippen molar-refractivity contribution in [2.45, 2.75) is 54.8 Å². The van der Waals surface area contributed by atoms with E-state index in [2.05, 4.69) is 0 Å². The molecule has 136 valence electrons. The minimum atomic E-state index is -2.37. The maximum atomic E-state index is 13.5. The fourth-order valence-electron chi connectivity index (χ4n) is 2.58. The van der Waals surface area contributed by atoms with Crippen LogP contribution in [0.15, 0.2) is 0 Å². The maximum absolute atomic E-state index is 13.5. The Balaban J connectivity index is 2.18. The number of halogens is 2. The molecule has 2 fully saturated rings. The summed E-state index contributed by atoms with van der Waals surface area (Å²) in [6.07, 6.45) is -12.6. The monoisotopic (exact) mass is 362 g/mol. The molecule has 2 aliphatic heterocycles. The van der Waals surface area contributed by atoms with Crippen molar-refractivity contribution in [3.8, 4) is 0 Å². The van der Waals surface area contributed by atoms with Gasteiger partial charge in [-0.1, -0.05) is 0 Å². The molecule has 0 aromatic heterocycles. The topological polar surface area (TPSA) is 149 Å². The van der Waals surface area contributed by atoms with E-state index in [1.54, 1.807) is 0 Å². The molecule has 2 aliphatic rings. The van der Waals surface area contributed by atoms with Gasteiger partial charge in [-0.2, -0.15) is 0 Å². The Morgan fingerprint density at radius 3 is 2.13 bits per heavy atom. The molecule has 0 bridgehead atoms. The summed E-state index contributed by atoms with van der Waals surface area (Å²) in [5, 5.41) is 58.1. The summed E-state index contributed by atoms with van der Waals surface area (Å²) in [5.41, 5.74) is 0. The summed E-state index contributed by atoms with van der Waals surface area (Å²) in [7, 11) is 0. The first kappa shape index (κ1) is 19.2. The molecule has 0 spiro atoms. The number of alkyl halides is 2. The van der Waals surface area contributed by atoms with Crippen LogP contribution in [0.4, 0.5) is 4.39 Å². The third kappa shape index (κ3) is 3.33. The smallest absolute Gasteiger partial charge is 0.229 e. The largest absolute Gasteiger partial charge is 0.394 e. The van der Waals surface area contributed by atoms with Gasteiger partial charge in [0.05, 0.1) is 12.5 Å². The van der Waals surface area contributed by atoms with Gasteiger partial charge in [-0.25, -0.2) is 4.39 Å². The standard InChI is InChI=1S/C12H20ClFO9/c13-1-4-7(17)10(20)12(3-14,22-4)23-11-9(19)8(18)6(16)5(2-15)21-11/h4-11,15-20H,1-3H2/t4-,5-,6-,7-,8+,9-,10+,11-,12+/m1/s1. The van der Waals surface area contributed by atoms with E-state index in [1.807, 2.05) is 0 Å². The number of aliphatic hydroxyl groups excluding tert-OH is 6. The van der Waals surface area contributed by atoms with Crippen molar-refractivity contribution in [1.82, 2.24) is 0 Å². The highest BCUT2D eigenvalue weighted by Gasteiger charge is 2.58. The third-order valence-electron chi connectivity index (χ3n) is 4.01. The molecule has 9 atom stereocenters. The molecular formula is C12H20ClFO9. The van der Waals surface area contributed by atoms with E-state index in [0.29, 0.717) is 0 Å². The van der Waals surface area contributed by atoms with Crippen LogP contribution >= 0.6 is 11.6 Å². The van der Waals surface area contributed by atoms with Gasteiger partial charge in [-0.15, -0.1) is 11.6 Å². The van der Waals surface area contributed by atoms with Gasteiger partial charge < -0.3 is 44.8 Å². The Kier molecular flexibility index (Phi) is 6.17. The molecule has 2 saturated heterocycles. The van der Waals surface area contributed by atoms with Gasteiger partial charge in [0, 0.05) is 0 Å². The molecule has 0 aliphatic carbocycles. The highest BCUT2D eigenvalue weighted by Crippen LogP contribution is 2.36. The molecule has 2 heterocycles. The molecule has 11 heteroatoms. The summed E-state index contributed by atoms with van der Waals surface area (Å²) in [6, 6.07) is 0. The van der Waals surface area contributed by atoms with Gasteiger partial charge in [0.2, 0.25) is 5.79 Å². The van der Waals surface area contributed by atoms with Crippen LogP contribution in [0, 0.1) is 0 Å². The van der Waals surface area contributed by atoms with Crippen molar-refractivity contribution >= 4 is 11.6 Å². The van der Waals surface area contributed by atoms with E-state index < -0.39 is 68.1 Å². The van der Waals surface area contributed by atoms with E-state index >= 15 is 0 Å². The van der Waals surface area contributed by atoms with Crippen LogP contribution in [-0.2, 0) is 14.2 Å². The molecule has 0 unspecified atom stereocenters. The van der Waals surface area contributed by atoms with Gasteiger partial charge in [-0.3, -0.25) is 0 Å². The lowest BCUT2D eigenvalue weighted by atomic mass is 9.99. The minimum Gasteiger partial charge on any atom is -0.394 e. The molecule has 0 amide bonds. The van der Waals surface area contributed by atoms with Crippen molar-refractivity contribution in [3.63, 3.8) is 0 Å². The average molecular weight is 363 g/mol. The Morgan fingerprint density at radius 2 is 1.65 bits per heavy atom. The van der Waals surface area contributed by atoms with Gasteiger partial charge in [0.1, 0.15) is 49.4 Å². The first-order valence-electron chi connectivity index (χ1n) is 6.95. The van der Waals surface area contributed by atoms with Gasteiger partial charge in [0.15, 0.2) is 6.29 Å². The van der Waals surface area contributed by atoms with E-state index in [-0.39, 0.29) is 5.88 Å². The second-order valence-corrected chi connectivity index (χ2v) is 5.82. The lowest BCUT2D eigenvalue weighted by Crippen LogP contribution is -2.62. The van der Waals surface area contributed by atoms with Crippen LogP contribution < -0.4 is 0 Å². The second-order valence-electron chi connectivity index (χ2n) is 5.51. The lowest BCUT2D eigenvalue weighted by Gasteiger charge is -2.43. The summed E-state index contributed by atoms with van der Waals surface area (Å²) in [6.45, 7) is -2.11. The van der Waals surface area contributed by atoms with Crippen LogP contribution in [-0.4, -0.2) is 105 Å². The molecule has 2 rings (SSSR count). The van der Waals surface area contributed by atoms with Crippen molar-refractivity contribution < 1.29 is 49.2 Å². The zero-order chi connectivity index (χ0) is 17.4. The first-order valence-corrected chi connectivity index (χ1v) is 7.49. The average Bonchev–Trinajstić information content (AvgIpc) is 2.80. The number of ether oxygens (including phenoxy) is 3. The van der Waals surface area contributed by atoms with Crippen LogP contribution in [0.25, 0.3) is 0 Å². The van der Waals surface area contributed by atoms with Crippen molar-refractivity contribution in [2.24, 2.45) is 0 Å². The predicted molar refractivity (Wildman–Crippen MR) is 71.2 cm³/mol. The van der Waals surface area contributed by atoms with E-state index in [9.17, 15) is 29.9 Å². The second kappa shape index (κ2) is 7.40. The number of aliphatic hydroxyl groups is 6. The summed E-state index contributed by atoms with van der Waals surface area (Å²) in [5.74, 6) is -2.62. The zero-order valence-corrected chi connectivity index (χ0v) is 12.7. The van der Waals surface area contributed by atoms with Crippen LogP contribution in [0.3, 0.4) is 0 Å². The summed E-state index contributed by atoms with van der Waals surface area (Å²) >= 11 is 5.55. The number of hydrogen-bond donors (Lipinski definition) is 6. The van der Waals surface area contributed by atoms with Gasteiger partial charge >= 0.3 is 0 Å².